The van der Waals surface area contributed by atoms with Crippen molar-refractivity contribution in [1.29, 1.82) is 0 Å². The summed E-state index contributed by atoms with van der Waals surface area (Å²) in [7, 11) is 0. The highest BCUT2D eigenvalue weighted by molar-refractivity contribution is 6.05. The molecule has 0 unspecified atom stereocenters. The van der Waals surface area contributed by atoms with Gasteiger partial charge in [-0.05, 0) is 24.1 Å². The van der Waals surface area contributed by atoms with Crippen molar-refractivity contribution in [2.45, 2.75) is 20.4 Å². The van der Waals surface area contributed by atoms with E-state index >= 15 is 0 Å². The third-order valence-electron chi connectivity index (χ3n) is 3.66. The van der Waals surface area contributed by atoms with E-state index in [9.17, 15) is 14.4 Å². The van der Waals surface area contributed by atoms with Crippen molar-refractivity contribution in [2.75, 3.05) is 0 Å². The van der Waals surface area contributed by atoms with Crippen LogP contribution >= 0.6 is 0 Å². The first kappa shape index (κ1) is 17.4. The molecule has 0 radical (unpaired) electrons. The second kappa shape index (κ2) is 7.22. The summed E-state index contributed by atoms with van der Waals surface area (Å²) >= 11 is 0. The minimum atomic E-state index is -0.626. The Morgan fingerprint density at radius 1 is 1.08 bits per heavy atom. The van der Waals surface area contributed by atoms with Gasteiger partial charge >= 0.3 is 5.91 Å². The Labute approximate surface area is 148 Å². The fraction of sp³-hybridized carbons (Fsp3) is 0.222. The van der Waals surface area contributed by atoms with Gasteiger partial charge in [0, 0.05) is 11.9 Å². The Bertz CT molecular complexity index is 1010. The van der Waals surface area contributed by atoms with Crippen LogP contribution in [-0.4, -0.2) is 21.6 Å². The summed E-state index contributed by atoms with van der Waals surface area (Å²) in [6.07, 6.45) is 1.35. The predicted molar refractivity (Wildman–Crippen MR) is 94.5 cm³/mol. The van der Waals surface area contributed by atoms with Crippen LogP contribution in [0.3, 0.4) is 0 Å². The highest BCUT2D eigenvalue weighted by Gasteiger charge is 2.18. The number of hydrogen-bond donors (Lipinski definition) is 2. The SMILES string of the molecule is CC(C)Cn1nc(C(=O)NNC(=O)c2ccco2)c2ccccc2c1=O. The maximum absolute atomic E-state index is 12.5. The molecular formula is C18H18N4O4. The average molecular weight is 354 g/mol. The molecule has 3 aromatic rings. The van der Waals surface area contributed by atoms with Crippen LogP contribution in [0.25, 0.3) is 10.8 Å². The lowest BCUT2D eigenvalue weighted by molar-refractivity contribution is 0.0828. The van der Waals surface area contributed by atoms with E-state index in [2.05, 4.69) is 16.0 Å². The van der Waals surface area contributed by atoms with E-state index in [4.69, 9.17) is 4.42 Å². The van der Waals surface area contributed by atoms with Gasteiger partial charge in [-0.2, -0.15) is 5.10 Å². The number of carbonyl (C=O) groups is 2. The lowest BCUT2D eigenvalue weighted by Crippen LogP contribution is -2.42. The minimum Gasteiger partial charge on any atom is -0.459 e. The number of hydrazine groups is 1. The number of furan rings is 1. The number of nitrogens with zero attached hydrogens (tertiary/aromatic N) is 2. The fourth-order valence-corrected chi connectivity index (χ4v) is 2.51. The third-order valence-corrected chi connectivity index (χ3v) is 3.66. The molecule has 26 heavy (non-hydrogen) atoms. The average Bonchev–Trinajstić information content (AvgIpc) is 3.16. The number of carbonyl (C=O) groups excluding carboxylic acids is 2. The molecular weight excluding hydrogens is 336 g/mol. The summed E-state index contributed by atoms with van der Waals surface area (Å²) in [5.74, 6) is -0.981. The van der Waals surface area contributed by atoms with Gasteiger partial charge in [-0.3, -0.25) is 25.2 Å². The molecule has 2 N–H and O–H groups in total. The summed E-state index contributed by atoms with van der Waals surface area (Å²) in [6.45, 7) is 4.28. The van der Waals surface area contributed by atoms with Crippen molar-refractivity contribution in [3.05, 3.63) is 64.5 Å². The molecule has 0 bridgehead atoms. The van der Waals surface area contributed by atoms with Crippen LogP contribution < -0.4 is 16.4 Å². The molecule has 134 valence electrons. The Kier molecular flexibility index (Phi) is 4.83. The molecule has 0 aliphatic rings. The van der Waals surface area contributed by atoms with Crippen LogP contribution in [0, 0.1) is 5.92 Å². The summed E-state index contributed by atoms with van der Waals surface area (Å²) < 4.78 is 6.23. The van der Waals surface area contributed by atoms with Gasteiger partial charge in [0.2, 0.25) is 0 Å². The van der Waals surface area contributed by atoms with E-state index in [1.807, 2.05) is 13.8 Å². The van der Waals surface area contributed by atoms with Crippen molar-refractivity contribution in [3.63, 3.8) is 0 Å². The number of rotatable bonds is 4. The molecule has 8 nitrogen and oxygen atoms in total. The quantitative estimate of drug-likeness (QED) is 0.694. The van der Waals surface area contributed by atoms with Gasteiger partial charge in [-0.15, -0.1) is 0 Å². The summed E-state index contributed by atoms with van der Waals surface area (Å²) in [6, 6.07) is 9.77. The van der Waals surface area contributed by atoms with Crippen LogP contribution in [0.15, 0.2) is 51.9 Å². The molecule has 0 fully saturated rings. The standard InChI is InChI=1S/C18H18N4O4/c1-11(2)10-22-18(25)13-7-4-3-6-12(13)15(21-22)17(24)20-19-16(23)14-8-5-9-26-14/h3-9,11H,10H2,1-2H3,(H,19,23)(H,20,24). The lowest BCUT2D eigenvalue weighted by atomic mass is 10.1. The van der Waals surface area contributed by atoms with Gasteiger partial charge in [-0.25, -0.2) is 4.68 Å². The minimum absolute atomic E-state index is 0.0561. The molecule has 0 aliphatic heterocycles. The number of aromatic nitrogens is 2. The molecule has 0 saturated carbocycles. The van der Waals surface area contributed by atoms with Crippen molar-refractivity contribution in [3.8, 4) is 0 Å². The molecule has 2 heterocycles. The number of benzene rings is 1. The molecule has 8 heteroatoms. The Balaban J connectivity index is 1.92. The van der Waals surface area contributed by atoms with Crippen LogP contribution in [0.4, 0.5) is 0 Å². The molecule has 0 atom stereocenters. The highest BCUT2D eigenvalue weighted by atomic mass is 16.3. The zero-order valence-corrected chi connectivity index (χ0v) is 14.4. The van der Waals surface area contributed by atoms with E-state index in [1.165, 1.54) is 17.0 Å². The molecule has 0 spiro atoms. The zero-order chi connectivity index (χ0) is 18.7. The second-order valence-corrected chi connectivity index (χ2v) is 6.16. The number of amides is 2. The molecule has 2 aromatic heterocycles. The summed E-state index contributed by atoms with van der Waals surface area (Å²) in [5.41, 5.74) is 4.36. The van der Waals surface area contributed by atoms with Crippen molar-refractivity contribution in [1.82, 2.24) is 20.6 Å². The third kappa shape index (κ3) is 3.49. The van der Waals surface area contributed by atoms with Crippen molar-refractivity contribution in [2.24, 2.45) is 5.92 Å². The van der Waals surface area contributed by atoms with E-state index in [-0.39, 0.29) is 22.9 Å². The first-order chi connectivity index (χ1) is 12.5. The normalized spacial score (nSPS) is 10.9. The maximum atomic E-state index is 12.5. The van der Waals surface area contributed by atoms with Gasteiger partial charge < -0.3 is 4.42 Å². The van der Waals surface area contributed by atoms with Gasteiger partial charge in [0.1, 0.15) is 0 Å². The number of hydrogen-bond acceptors (Lipinski definition) is 5. The summed E-state index contributed by atoms with van der Waals surface area (Å²) in [5, 5.41) is 5.01. The molecule has 0 saturated heterocycles. The number of fused-ring (bicyclic) bond motifs is 1. The van der Waals surface area contributed by atoms with Crippen LogP contribution in [0.5, 0.6) is 0 Å². The van der Waals surface area contributed by atoms with Crippen LogP contribution in [-0.2, 0) is 6.54 Å². The van der Waals surface area contributed by atoms with E-state index < -0.39 is 11.8 Å². The second-order valence-electron chi connectivity index (χ2n) is 6.16. The van der Waals surface area contributed by atoms with Gasteiger partial charge in [0.15, 0.2) is 11.5 Å². The van der Waals surface area contributed by atoms with Crippen molar-refractivity contribution >= 4 is 22.6 Å². The van der Waals surface area contributed by atoms with E-state index in [0.717, 1.165) is 0 Å². The topological polar surface area (TPSA) is 106 Å². The first-order valence-electron chi connectivity index (χ1n) is 8.11. The highest BCUT2D eigenvalue weighted by Crippen LogP contribution is 2.13. The van der Waals surface area contributed by atoms with Gasteiger partial charge in [-0.1, -0.05) is 32.0 Å². The molecule has 0 aliphatic carbocycles. The van der Waals surface area contributed by atoms with Crippen LogP contribution in [0.1, 0.15) is 34.9 Å². The van der Waals surface area contributed by atoms with E-state index in [0.29, 0.717) is 17.3 Å². The monoisotopic (exact) mass is 354 g/mol. The Morgan fingerprint density at radius 2 is 1.77 bits per heavy atom. The van der Waals surface area contributed by atoms with Gasteiger partial charge in [0.25, 0.3) is 11.5 Å². The molecule has 2 amide bonds. The zero-order valence-electron chi connectivity index (χ0n) is 14.4. The van der Waals surface area contributed by atoms with Crippen LogP contribution in [0.2, 0.25) is 0 Å². The largest absolute Gasteiger partial charge is 0.459 e. The van der Waals surface area contributed by atoms with E-state index in [1.54, 1.807) is 30.3 Å². The smallest absolute Gasteiger partial charge is 0.305 e. The predicted octanol–water partition coefficient (Wildman–Crippen LogP) is 1.72. The molecule has 3 rings (SSSR count). The lowest BCUT2D eigenvalue weighted by Gasteiger charge is -2.12. The number of nitrogens with one attached hydrogen (secondary N) is 2. The van der Waals surface area contributed by atoms with Crippen molar-refractivity contribution < 1.29 is 14.0 Å². The Hall–Kier alpha value is -3.42. The molecule has 1 aromatic carbocycles. The maximum Gasteiger partial charge on any atom is 0.305 e. The Morgan fingerprint density at radius 3 is 2.42 bits per heavy atom. The first-order valence-corrected chi connectivity index (χ1v) is 8.11. The van der Waals surface area contributed by atoms with Gasteiger partial charge in [0.05, 0.1) is 11.6 Å². The fourth-order valence-electron chi connectivity index (χ4n) is 2.51. The summed E-state index contributed by atoms with van der Waals surface area (Å²) in [4.78, 5) is 37.0.